The number of hydrogen-bond donors (Lipinski definition) is 3. The van der Waals surface area contributed by atoms with Crippen LogP contribution in [0.15, 0.2) is 60.7 Å². The van der Waals surface area contributed by atoms with E-state index in [-0.39, 0.29) is 11.8 Å². The van der Waals surface area contributed by atoms with E-state index in [0.29, 0.717) is 35.0 Å². The third-order valence-corrected chi connectivity index (χ3v) is 7.24. The number of aromatic amines is 1. The molecule has 2 aromatic heterocycles. The van der Waals surface area contributed by atoms with Gasteiger partial charge in [0.05, 0.1) is 33.8 Å². The number of carbonyl (C=O) groups is 2. The Morgan fingerprint density at radius 3 is 2.57 bits per heavy atom. The van der Waals surface area contributed by atoms with Gasteiger partial charge in [-0.25, -0.2) is 0 Å². The number of morpholine rings is 1. The van der Waals surface area contributed by atoms with Crippen LogP contribution in [-0.2, 0) is 10.3 Å². The first-order valence-corrected chi connectivity index (χ1v) is 12.3. The second-order valence-corrected chi connectivity index (χ2v) is 10.0. The molecule has 2 aromatic carbocycles. The molecule has 0 saturated carbocycles. The van der Waals surface area contributed by atoms with Gasteiger partial charge in [0.2, 0.25) is 0 Å². The van der Waals surface area contributed by atoms with E-state index in [4.69, 9.17) is 4.74 Å². The largest absolute Gasteiger partial charge is 0.378 e. The molecule has 3 heterocycles. The molecule has 0 radical (unpaired) electrons. The Morgan fingerprint density at radius 1 is 1.03 bits per heavy atom. The van der Waals surface area contributed by atoms with E-state index in [1.54, 1.807) is 12.1 Å². The van der Waals surface area contributed by atoms with Crippen LogP contribution in [0.5, 0.6) is 0 Å². The molecule has 180 valence electrons. The lowest BCUT2D eigenvalue weighted by Gasteiger charge is -2.29. The zero-order valence-corrected chi connectivity index (χ0v) is 20.4. The molecule has 5 rings (SSSR count). The Hall–Kier alpha value is -3.69. The first kappa shape index (κ1) is 23.1. The van der Waals surface area contributed by atoms with Crippen molar-refractivity contribution in [2.45, 2.75) is 19.4 Å². The monoisotopic (exact) mass is 489 g/mol. The number of aromatic nitrogens is 2. The topological polar surface area (TPSA) is 99.3 Å². The normalized spacial score (nSPS) is 14.2. The van der Waals surface area contributed by atoms with Crippen LogP contribution in [0.4, 0.5) is 11.5 Å². The van der Waals surface area contributed by atoms with Gasteiger partial charge in [0.1, 0.15) is 0 Å². The van der Waals surface area contributed by atoms with Gasteiger partial charge < -0.3 is 20.3 Å². The van der Waals surface area contributed by atoms with E-state index in [1.807, 2.05) is 62.4 Å². The van der Waals surface area contributed by atoms with Crippen molar-refractivity contribution in [3.05, 3.63) is 76.7 Å². The number of nitrogens with zero attached hydrogens (tertiary/aromatic N) is 2. The predicted octanol–water partition coefficient (Wildman–Crippen LogP) is 4.38. The summed E-state index contributed by atoms with van der Waals surface area (Å²) in [7, 11) is 0. The minimum Gasteiger partial charge on any atom is -0.378 e. The second kappa shape index (κ2) is 9.52. The fourth-order valence-electron chi connectivity index (χ4n) is 4.13. The fourth-order valence-corrected chi connectivity index (χ4v) is 5.08. The Labute approximate surface area is 207 Å². The maximum atomic E-state index is 13.0. The highest BCUT2D eigenvalue weighted by Crippen LogP contribution is 2.31. The number of amides is 2. The number of nitrogens with one attached hydrogen (secondary N) is 3. The molecule has 1 aliphatic heterocycles. The number of H-pyrrole nitrogens is 1. The molecule has 9 heteroatoms. The standard InChI is InChI=1S/C26H27N5O3S/c1-26(2,18-8-4-3-5-9-18)28-25(33)21-16-20-22(35-21)23(30-29-20)27-24(32)17-7-6-10-19(15-17)31-11-13-34-14-12-31/h3-10,15-16H,11-14H2,1-2H3,(H,28,33)(H2,27,29,30,32). The number of rotatable bonds is 6. The number of fused-ring (bicyclic) bond motifs is 1. The molecule has 0 bridgehead atoms. The lowest BCUT2D eigenvalue weighted by Crippen LogP contribution is -2.40. The minimum absolute atomic E-state index is 0.177. The van der Waals surface area contributed by atoms with Crippen molar-refractivity contribution in [1.29, 1.82) is 0 Å². The highest BCUT2D eigenvalue weighted by Gasteiger charge is 2.25. The number of hydrogen-bond acceptors (Lipinski definition) is 6. The number of anilines is 2. The van der Waals surface area contributed by atoms with Crippen LogP contribution in [0.2, 0.25) is 0 Å². The Morgan fingerprint density at radius 2 is 1.80 bits per heavy atom. The van der Waals surface area contributed by atoms with E-state index in [1.165, 1.54) is 11.3 Å². The average Bonchev–Trinajstić information content (AvgIpc) is 3.47. The van der Waals surface area contributed by atoms with Crippen molar-refractivity contribution < 1.29 is 14.3 Å². The van der Waals surface area contributed by atoms with Gasteiger partial charge in [0.15, 0.2) is 5.82 Å². The average molecular weight is 490 g/mol. The van der Waals surface area contributed by atoms with Gasteiger partial charge in [0, 0.05) is 24.3 Å². The van der Waals surface area contributed by atoms with Crippen LogP contribution in [0, 0.1) is 0 Å². The van der Waals surface area contributed by atoms with Crippen LogP contribution in [0.25, 0.3) is 10.2 Å². The van der Waals surface area contributed by atoms with E-state index in [9.17, 15) is 9.59 Å². The van der Waals surface area contributed by atoms with Gasteiger partial charge in [-0.1, -0.05) is 36.4 Å². The molecule has 1 fully saturated rings. The summed E-state index contributed by atoms with van der Waals surface area (Å²) >= 11 is 1.29. The molecular weight excluding hydrogens is 462 g/mol. The summed E-state index contributed by atoms with van der Waals surface area (Å²) < 4.78 is 6.14. The summed E-state index contributed by atoms with van der Waals surface area (Å²) in [4.78, 5) is 28.7. The third kappa shape index (κ3) is 4.91. The highest BCUT2D eigenvalue weighted by atomic mass is 32.1. The Kier molecular flexibility index (Phi) is 6.27. The second-order valence-electron chi connectivity index (χ2n) is 8.97. The summed E-state index contributed by atoms with van der Waals surface area (Å²) in [5.74, 6) is -0.0183. The molecule has 0 spiro atoms. The van der Waals surface area contributed by atoms with Crippen LogP contribution >= 0.6 is 11.3 Å². The molecule has 0 atom stereocenters. The summed E-state index contributed by atoms with van der Waals surface area (Å²) in [6.45, 7) is 6.89. The van der Waals surface area contributed by atoms with Gasteiger partial charge in [0.25, 0.3) is 11.8 Å². The van der Waals surface area contributed by atoms with Crippen molar-refractivity contribution in [2.75, 3.05) is 36.5 Å². The molecular formula is C26H27N5O3S. The van der Waals surface area contributed by atoms with Gasteiger partial charge >= 0.3 is 0 Å². The molecule has 0 aliphatic carbocycles. The van der Waals surface area contributed by atoms with Crippen molar-refractivity contribution in [2.24, 2.45) is 0 Å². The zero-order chi connectivity index (χ0) is 24.4. The molecule has 2 amide bonds. The van der Waals surface area contributed by atoms with Crippen LogP contribution in [0.1, 0.15) is 39.4 Å². The molecule has 1 saturated heterocycles. The van der Waals surface area contributed by atoms with E-state index >= 15 is 0 Å². The van der Waals surface area contributed by atoms with Crippen LogP contribution < -0.4 is 15.5 Å². The summed E-state index contributed by atoms with van der Waals surface area (Å²) in [5.41, 5.74) is 2.73. The van der Waals surface area contributed by atoms with E-state index in [0.717, 1.165) is 29.0 Å². The van der Waals surface area contributed by atoms with Crippen molar-refractivity contribution in [3.8, 4) is 0 Å². The van der Waals surface area contributed by atoms with Gasteiger partial charge in [-0.2, -0.15) is 5.10 Å². The Balaban J connectivity index is 1.31. The van der Waals surface area contributed by atoms with Crippen molar-refractivity contribution in [3.63, 3.8) is 0 Å². The SMILES string of the molecule is CC(C)(NC(=O)c1cc2[nH]nc(NC(=O)c3cccc(N4CCOCC4)c3)c2s1)c1ccccc1. The maximum Gasteiger partial charge on any atom is 0.262 e. The molecule has 4 aromatic rings. The molecule has 0 unspecified atom stereocenters. The van der Waals surface area contributed by atoms with Crippen molar-refractivity contribution >= 4 is 44.9 Å². The lowest BCUT2D eigenvalue weighted by molar-refractivity contribution is 0.0915. The van der Waals surface area contributed by atoms with Gasteiger partial charge in [-0.15, -0.1) is 11.3 Å². The van der Waals surface area contributed by atoms with E-state index < -0.39 is 5.54 Å². The number of ether oxygens (including phenoxy) is 1. The van der Waals surface area contributed by atoms with Crippen LogP contribution in [-0.4, -0.2) is 48.3 Å². The summed E-state index contributed by atoms with van der Waals surface area (Å²) in [6, 6.07) is 19.1. The smallest absolute Gasteiger partial charge is 0.262 e. The third-order valence-electron chi connectivity index (χ3n) is 6.10. The van der Waals surface area contributed by atoms with Crippen molar-refractivity contribution in [1.82, 2.24) is 15.5 Å². The molecule has 1 aliphatic rings. The zero-order valence-electron chi connectivity index (χ0n) is 19.6. The fraction of sp³-hybridized carbons (Fsp3) is 0.269. The molecule has 3 N–H and O–H groups in total. The summed E-state index contributed by atoms with van der Waals surface area (Å²) in [6.07, 6.45) is 0. The van der Waals surface area contributed by atoms with Crippen LogP contribution in [0.3, 0.4) is 0 Å². The lowest BCUT2D eigenvalue weighted by atomic mass is 9.94. The maximum absolute atomic E-state index is 13.0. The number of carbonyl (C=O) groups excluding carboxylic acids is 2. The van der Waals surface area contributed by atoms with Gasteiger partial charge in [-0.05, 0) is 43.7 Å². The quantitative estimate of drug-likeness (QED) is 0.373. The first-order valence-electron chi connectivity index (χ1n) is 11.5. The molecule has 35 heavy (non-hydrogen) atoms. The highest BCUT2D eigenvalue weighted by molar-refractivity contribution is 7.21. The van der Waals surface area contributed by atoms with E-state index in [2.05, 4.69) is 25.7 Å². The van der Waals surface area contributed by atoms with Gasteiger partial charge in [-0.3, -0.25) is 14.7 Å². The Bertz CT molecular complexity index is 1360. The summed E-state index contributed by atoms with van der Waals surface area (Å²) in [5, 5.41) is 13.2. The first-order chi connectivity index (χ1) is 16.9. The number of thiophene rings is 1. The molecule has 8 nitrogen and oxygen atoms in total. The number of benzene rings is 2. The minimum atomic E-state index is -0.531. The predicted molar refractivity (Wildman–Crippen MR) is 138 cm³/mol.